The van der Waals surface area contributed by atoms with E-state index in [2.05, 4.69) is 20.2 Å². The van der Waals surface area contributed by atoms with Crippen molar-refractivity contribution in [2.24, 2.45) is 0 Å². The SMILES string of the molecule is CCCCS(=O)(=O)Nc1ccc(Nc2ccc(F)c(F)c2)nn1. The topological polar surface area (TPSA) is 84.0 Å². The van der Waals surface area contributed by atoms with Gasteiger partial charge in [-0.3, -0.25) is 4.72 Å². The highest BCUT2D eigenvalue weighted by Gasteiger charge is 2.11. The van der Waals surface area contributed by atoms with Gasteiger partial charge in [-0.1, -0.05) is 13.3 Å². The van der Waals surface area contributed by atoms with E-state index in [1.165, 1.54) is 18.2 Å². The minimum absolute atomic E-state index is 0.0139. The van der Waals surface area contributed by atoms with Gasteiger partial charge in [0.1, 0.15) is 0 Å². The van der Waals surface area contributed by atoms with Crippen LogP contribution in [0.2, 0.25) is 0 Å². The zero-order valence-electron chi connectivity index (χ0n) is 12.4. The first-order chi connectivity index (χ1) is 10.9. The lowest BCUT2D eigenvalue weighted by atomic mass is 10.3. The summed E-state index contributed by atoms with van der Waals surface area (Å²) in [4.78, 5) is 0. The van der Waals surface area contributed by atoms with Gasteiger partial charge in [0.05, 0.1) is 5.75 Å². The van der Waals surface area contributed by atoms with Gasteiger partial charge in [0, 0.05) is 11.8 Å². The summed E-state index contributed by atoms with van der Waals surface area (Å²) in [6.45, 7) is 1.90. The summed E-state index contributed by atoms with van der Waals surface area (Å²) in [7, 11) is -3.44. The van der Waals surface area contributed by atoms with Gasteiger partial charge in [0.2, 0.25) is 10.0 Å². The molecule has 2 aromatic rings. The lowest BCUT2D eigenvalue weighted by Crippen LogP contribution is -2.17. The van der Waals surface area contributed by atoms with Crippen LogP contribution < -0.4 is 10.0 Å². The molecule has 6 nitrogen and oxygen atoms in total. The Bertz CT molecular complexity index is 767. The van der Waals surface area contributed by atoms with E-state index in [0.29, 0.717) is 12.1 Å². The molecule has 2 N–H and O–H groups in total. The van der Waals surface area contributed by atoms with Crippen LogP contribution in [0.25, 0.3) is 0 Å². The first-order valence-electron chi connectivity index (χ1n) is 6.96. The molecule has 0 fully saturated rings. The summed E-state index contributed by atoms with van der Waals surface area (Å²) >= 11 is 0. The van der Waals surface area contributed by atoms with Crippen LogP contribution in [0.1, 0.15) is 19.8 Å². The first-order valence-corrected chi connectivity index (χ1v) is 8.61. The van der Waals surface area contributed by atoms with E-state index < -0.39 is 21.7 Å². The van der Waals surface area contributed by atoms with Crippen LogP contribution in [0.15, 0.2) is 30.3 Å². The normalized spacial score (nSPS) is 11.3. The highest BCUT2D eigenvalue weighted by molar-refractivity contribution is 7.92. The lowest BCUT2D eigenvalue weighted by molar-refractivity contribution is 0.509. The third-order valence-electron chi connectivity index (χ3n) is 2.88. The molecule has 23 heavy (non-hydrogen) atoms. The largest absolute Gasteiger partial charge is 0.339 e. The van der Waals surface area contributed by atoms with E-state index in [-0.39, 0.29) is 17.4 Å². The van der Waals surface area contributed by atoms with E-state index >= 15 is 0 Å². The molecule has 1 aromatic heterocycles. The number of anilines is 3. The van der Waals surface area contributed by atoms with Crippen molar-refractivity contribution in [3.63, 3.8) is 0 Å². The van der Waals surface area contributed by atoms with Crippen LogP contribution in [0, 0.1) is 11.6 Å². The molecule has 0 saturated heterocycles. The fraction of sp³-hybridized carbons (Fsp3) is 0.286. The zero-order valence-corrected chi connectivity index (χ0v) is 13.2. The van der Waals surface area contributed by atoms with Gasteiger partial charge < -0.3 is 5.32 Å². The van der Waals surface area contributed by atoms with Crippen molar-refractivity contribution < 1.29 is 17.2 Å². The van der Waals surface area contributed by atoms with Gasteiger partial charge >= 0.3 is 0 Å². The average Bonchev–Trinajstić information content (AvgIpc) is 2.51. The molecule has 0 radical (unpaired) electrons. The predicted molar refractivity (Wildman–Crippen MR) is 84.0 cm³/mol. The van der Waals surface area contributed by atoms with Crippen LogP contribution >= 0.6 is 0 Å². The van der Waals surface area contributed by atoms with Gasteiger partial charge in [-0.2, -0.15) is 0 Å². The second-order valence-corrected chi connectivity index (χ2v) is 6.67. The maximum atomic E-state index is 13.1. The quantitative estimate of drug-likeness (QED) is 0.808. The fourth-order valence-electron chi connectivity index (χ4n) is 1.72. The van der Waals surface area contributed by atoms with Crippen molar-refractivity contribution in [2.75, 3.05) is 15.8 Å². The Kier molecular flexibility index (Phi) is 5.43. The molecule has 0 aliphatic carbocycles. The summed E-state index contributed by atoms with van der Waals surface area (Å²) in [5.74, 6) is -1.55. The average molecular weight is 342 g/mol. The van der Waals surface area contributed by atoms with Crippen molar-refractivity contribution in [2.45, 2.75) is 19.8 Å². The first kappa shape index (κ1) is 17.1. The number of benzene rings is 1. The van der Waals surface area contributed by atoms with Crippen molar-refractivity contribution in [1.29, 1.82) is 0 Å². The molecule has 0 saturated carbocycles. The van der Waals surface area contributed by atoms with Gasteiger partial charge in [-0.25, -0.2) is 17.2 Å². The monoisotopic (exact) mass is 342 g/mol. The van der Waals surface area contributed by atoms with Gasteiger partial charge in [-0.15, -0.1) is 10.2 Å². The Labute approximate surface area is 133 Å². The van der Waals surface area contributed by atoms with Crippen LogP contribution in [-0.2, 0) is 10.0 Å². The second-order valence-electron chi connectivity index (χ2n) is 4.83. The summed E-state index contributed by atoms with van der Waals surface area (Å²) in [5.41, 5.74) is 0.300. The fourth-order valence-corrected chi connectivity index (χ4v) is 2.92. The van der Waals surface area contributed by atoms with Crippen LogP contribution in [0.3, 0.4) is 0 Å². The molecular formula is C14H16F2N4O2S. The maximum Gasteiger partial charge on any atom is 0.233 e. The summed E-state index contributed by atoms with van der Waals surface area (Å²) in [5, 5.41) is 10.3. The number of hydrogen-bond donors (Lipinski definition) is 2. The number of halogens is 2. The van der Waals surface area contributed by atoms with Crippen LogP contribution in [0.5, 0.6) is 0 Å². The number of aromatic nitrogens is 2. The molecule has 124 valence electrons. The molecule has 1 heterocycles. The number of nitrogens with one attached hydrogen (secondary N) is 2. The summed E-state index contributed by atoms with van der Waals surface area (Å²) in [6.07, 6.45) is 1.32. The second kappa shape index (κ2) is 7.32. The Balaban J connectivity index is 2.03. The van der Waals surface area contributed by atoms with Crippen LogP contribution in [0.4, 0.5) is 26.1 Å². The molecule has 1 aromatic carbocycles. The molecule has 0 amide bonds. The minimum Gasteiger partial charge on any atom is -0.339 e. The van der Waals surface area contributed by atoms with E-state index in [9.17, 15) is 17.2 Å². The van der Waals surface area contributed by atoms with Crippen molar-refractivity contribution in [1.82, 2.24) is 10.2 Å². The van der Waals surface area contributed by atoms with E-state index in [1.807, 2.05) is 6.92 Å². The van der Waals surface area contributed by atoms with Gasteiger partial charge in [0.25, 0.3) is 0 Å². The maximum absolute atomic E-state index is 13.1. The number of rotatable bonds is 7. The van der Waals surface area contributed by atoms with Crippen LogP contribution in [-0.4, -0.2) is 24.4 Å². The van der Waals surface area contributed by atoms with Crippen molar-refractivity contribution in [3.8, 4) is 0 Å². The van der Waals surface area contributed by atoms with Gasteiger partial charge in [-0.05, 0) is 30.7 Å². The third kappa shape index (κ3) is 5.13. The van der Waals surface area contributed by atoms with Crippen molar-refractivity contribution in [3.05, 3.63) is 42.0 Å². The third-order valence-corrected chi connectivity index (χ3v) is 4.23. The highest BCUT2D eigenvalue weighted by atomic mass is 32.2. The summed E-state index contributed by atoms with van der Waals surface area (Å²) in [6, 6.07) is 6.23. The Morgan fingerprint density at radius 3 is 2.35 bits per heavy atom. The van der Waals surface area contributed by atoms with Crippen molar-refractivity contribution >= 4 is 27.3 Å². The molecule has 0 atom stereocenters. The minimum atomic E-state index is -3.44. The molecule has 0 bridgehead atoms. The lowest BCUT2D eigenvalue weighted by Gasteiger charge is -2.08. The molecule has 0 aliphatic heterocycles. The molecule has 0 spiro atoms. The number of unbranched alkanes of at least 4 members (excludes halogenated alkanes) is 1. The summed E-state index contributed by atoms with van der Waals surface area (Å²) < 4.78 is 51.7. The smallest absolute Gasteiger partial charge is 0.233 e. The zero-order chi connectivity index (χ0) is 16.9. The van der Waals surface area contributed by atoms with Gasteiger partial charge in [0.15, 0.2) is 23.3 Å². The number of sulfonamides is 1. The molecule has 0 aliphatic rings. The Hall–Kier alpha value is -2.29. The predicted octanol–water partition coefficient (Wildman–Crippen LogP) is 3.04. The number of hydrogen-bond acceptors (Lipinski definition) is 5. The van der Waals surface area contributed by atoms with E-state index in [4.69, 9.17) is 0 Å². The van der Waals surface area contributed by atoms with E-state index in [0.717, 1.165) is 18.6 Å². The number of nitrogens with zero attached hydrogens (tertiary/aromatic N) is 2. The molecule has 9 heteroatoms. The molecular weight excluding hydrogens is 326 g/mol. The highest BCUT2D eigenvalue weighted by Crippen LogP contribution is 2.18. The molecule has 0 unspecified atom stereocenters. The van der Waals surface area contributed by atoms with E-state index in [1.54, 1.807) is 0 Å². The Morgan fingerprint density at radius 2 is 1.74 bits per heavy atom. The Morgan fingerprint density at radius 1 is 1.04 bits per heavy atom. The molecule has 2 rings (SSSR count). The standard InChI is InChI=1S/C14H16F2N4O2S/c1-2-3-8-23(21,22)20-14-7-6-13(18-19-14)17-10-4-5-11(15)12(16)9-10/h4-7,9H,2-3,8H2,1H3,(H,17,18)(H,19,20).